The maximum Gasteiger partial charge on any atom is 0.279 e. The molecular weight excluding hydrogens is 300 g/mol. The highest BCUT2D eigenvalue weighted by atomic mass is 16.2. The summed E-state index contributed by atoms with van der Waals surface area (Å²) in [6, 6.07) is 19.5. The van der Waals surface area contributed by atoms with Crippen LogP contribution in [0.15, 0.2) is 60.7 Å². The van der Waals surface area contributed by atoms with Crippen LogP contribution in [0.1, 0.15) is 10.5 Å². The van der Waals surface area contributed by atoms with Crippen molar-refractivity contribution < 1.29 is 4.79 Å². The van der Waals surface area contributed by atoms with Crippen LogP contribution in [0.4, 0.5) is 5.95 Å². The van der Waals surface area contributed by atoms with Gasteiger partial charge in [0.1, 0.15) is 5.69 Å². The number of fused-ring (bicyclic) bond motifs is 4. The van der Waals surface area contributed by atoms with Gasteiger partial charge < -0.3 is 4.57 Å². The Labute approximate surface area is 138 Å². The van der Waals surface area contributed by atoms with Crippen molar-refractivity contribution in [2.24, 2.45) is 0 Å². The van der Waals surface area contributed by atoms with Crippen molar-refractivity contribution in [1.29, 1.82) is 0 Å². The van der Waals surface area contributed by atoms with Gasteiger partial charge in [-0.1, -0.05) is 36.4 Å². The standard InChI is InChI=1S/C19H14N4O/c24-18(16-10-9-13-5-1-2-6-14(13)20-16)23-12-11-22-17-8-4-3-7-15(17)21-19(22)23/h1-10H,11-12H2. The van der Waals surface area contributed by atoms with Crippen LogP contribution in [0.5, 0.6) is 0 Å². The minimum absolute atomic E-state index is 0.102. The maximum atomic E-state index is 12.9. The zero-order valence-electron chi connectivity index (χ0n) is 12.9. The minimum atomic E-state index is -0.102. The third-order valence-electron chi connectivity index (χ3n) is 4.49. The third-order valence-corrected chi connectivity index (χ3v) is 4.49. The van der Waals surface area contributed by atoms with E-state index in [0.29, 0.717) is 18.2 Å². The molecule has 1 aliphatic heterocycles. The number of carbonyl (C=O) groups is 1. The van der Waals surface area contributed by atoms with Gasteiger partial charge in [-0.15, -0.1) is 0 Å². The molecule has 2 aromatic carbocycles. The van der Waals surface area contributed by atoms with E-state index >= 15 is 0 Å². The summed E-state index contributed by atoms with van der Waals surface area (Å²) in [7, 11) is 0. The Morgan fingerprint density at radius 3 is 2.54 bits per heavy atom. The van der Waals surface area contributed by atoms with Gasteiger partial charge >= 0.3 is 0 Å². The molecule has 0 radical (unpaired) electrons. The highest BCUT2D eigenvalue weighted by molar-refractivity contribution is 6.06. The van der Waals surface area contributed by atoms with Crippen LogP contribution in [0.3, 0.4) is 0 Å². The lowest BCUT2D eigenvalue weighted by atomic mass is 10.2. The Morgan fingerprint density at radius 2 is 1.62 bits per heavy atom. The van der Waals surface area contributed by atoms with E-state index in [0.717, 1.165) is 28.5 Å². The molecule has 0 unspecified atom stereocenters. The van der Waals surface area contributed by atoms with Crippen molar-refractivity contribution in [3.63, 3.8) is 0 Å². The first-order chi connectivity index (χ1) is 11.8. The van der Waals surface area contributed by atoms with Gasteiger partial charge in [0.2, 0.25) is 5.95 Å². The SMILES string of the molecule is O=C(c1ccc2ccccc2n1)N1CCn2c1nc1ccccc12. The number of hydrogen-bond donors (Lipinski definition) is 0. The molecule has 0 fully saturated rings. The monoisotopic (exact) mass is 314 g/mol. The van der Waals surface area contributed by atoms with E-state index in [4.69, 9.17) is 0 Å². The van der Waals surface area contributed by atoms with E-state index in [9.17, 15) is 4.79 Å². The highest BCUT2D eigenvalue weighted by Gasteiger charge is 2.29. The molecule has 1 amide bonds. The fourth-order valence-corrected chi connectivity index (χ4v) is 3.31. The Hall–Kier alpha value is -3.21. The average molecular weight is 314 g/mol. The number of benzene rings is 2. The van der Waals surface area contributed by atoms with Gasteiger partial charge in [-0.2, -0.15) is 0 Å². The van der Waals surface area contributed by atoms with E-state index in [-0.39, 0.29) is 5.91 Å². The normalized spacial score (nSPS) is 13.6. The molecule has 1 aliphatic rings. The molecule has 0 atom stereocenters. The molecule has 3 heterocycles. The number of para-hydroxylation sites is 3. The molecule has 5 heteroatoms. The number of anilines is 1. The lowest BCUT2D eigenvalue weighted by Gasteiger charge is -2.13. The smallest absolute Gasteiger partial charge is 0.279 e. The summed E-state index contributed by atoms with van der Waals surface area (Å²) in [6.45, 7) is 1.38. The summed E-state index contributed by atoms with van der Waals surface area (Å²) in [4.78, 5) is 23.8. The van der Waals surface area contributed by atoms with Crippen LogP contribution in [-0.4, -0.2) is 27.0 Å². The lowest BCUT2D eigenvalue weighted by Crippen LogP contribution is -2.30. The van der Waals surface area contributed by atoms with E-state index < -0.39 is 0 Å². The summed E-state index contributed by atoms with van der Waals surface area (Å²) in [5, 5.41) is 1.03. The van der Waals surface area contributed by atoms with Gasteiger partial charge in [0.25, 0.3) is 5.91 Å². The number of pyridine rings is 1. The zero-order valence-corrected chi connectivity index (χ0v) is 12.9. The molecule has 0 bridgehead atoms. The first-order valence-corrected chi connectivity index (χ1v) is 7.94. The van der Waals surface area contributed by atoms with Crippen LogP contribution in [0, 0.1) is 0 Å². The van der Waals surface area contributed by atoms with Crippen molar-refractivity contribution in [3.05, 3.63) is 66.4 Å². The predicted molar refractivity (Wildman–Crippen MR) is 93.2 cm³/mol. The summed E-state index contributed by atoms with van der Waals surface area (Å²) >= 11 is 0. The van der Waals surface area contributed by atoms with Gasteiger partial charge in [0, 0.05) is 18.5 Å². The molecule has 5 nitrogen and oxygen atoms in total. The number of amides is 1. The average Bonchev–Trinajstić information content (AvgIpc) is 3.20. The van der Waals surface area contributed by atoms with Gasteiger partial charge in [0.15, 0.2) is 0 Å². The molecule has 0 saturated heterocycles. The molecular formula is C19H14N4O. The molecule has 0 N–H and O–H groups in total. The van der Waals surface area contributed by atoms with Gasteiger partial charge in [-0.05, 0) is 24.3 Å². The van der Waals surface area contributed by atoms with Crippen LogP contribution in [0.2, 0.25) is 0 Å². The quantitative estimate of drug-likeness (QED) is 0.542. The molecule has 0 spiro atoms. The lowest BCUT2D eigenvalue weighted by molar-refractivity contribution is 0.0984. The largest absolute Gasteiger partial charge is 0.308 e. The second kappa shape index (κ2) is 4.89. The second-order valence-corrected chi connectivity index (χ2v) is 5.90. The van der Waals surface area contributed by atoms with E-state index in [1.54, 1.807) is 11.0 Å². The van der Waals surface area contributed by atoms with Crippen LogP contribution >= 0.6 is 0 Å². The van der Waals surface area contributed by atoms with Crippen molar-refractivity contribution in [2.45, 2.75) is 6.54 Å². The fraction of sp³-hybridized carbons (Fsp3) is 0.105. The molecule has 0 saturated carbocycles. The number of imidazole rings is 1. The summed E-state index contributed by atoms with van der Waals surface area (Å²) in [5.41, 5.74) is 3.26. The summed E-state index contributed by atoms with van der Waals surface area (Å²) in [6.07, 6.45) is 0. The van der Waals surface area contributed by atoms with Crippen molar-refractivity contribution in [2.75, 3.05) is 11.4 Å². The van der Waals surface area contributed by atoms with Gasteiger partial charge in [-0.25, -0.2) is 9.97 Å². The Morgan fingerprint density at radius 1 is 0.833 bits per heavy atom. The van der Waals surface area contributed by atoms with Crippen LogP contribution in [-0.2, 0) is 6.54 Å². The minimum Gasteiger partial charge on any atom is -0.308 e. The number of nitrogens with zero attached hydrogens (tertiary/aromatic N) is 4. The first-order valence-electron chi connectivity index (χ1n) is 7.94. The van der Waals surface area contributed by atoms with Crippen molar-refractivity contribution >= 4 is 33.8 Å². The molecule has 24 heavy (non-hydrogen) atoms. The van der Waals surface area contributed by atoms with E-state index in [2.05, 4.69) is 14.5 Å². The Balaban J connectivity index is 1.58. The first kappa shape index (κ1) is 13.2. The second-order valence-electron chi connectivity index (χ2n) is 5.90. The number of aromatic nitrogens is 3. The highest BCUT2D eigenvalue weighted by Crippen LogP contribution is 2.28. The van der Waals surface area contributed by atoms with E-state index in [1.165, 1.54) is 0 Å². The number of rotatable bonds is 1. The number of carbonyl (C=O) groups excluding carboxylic acids is 1. The fourth-order valence-electron chi connectivity index (χ4n) is 3.31. The van der Waals surface area contributed by atoms with Crippen LogP contribution < -0.4 is 4.90 Å². The van der Waals surface area contributed by atoms with Crippen LogP contribution in [0.25, 0.3) is 21.9 Å². The number of hydrogen-bond acceptors (Lipinski definition) is 3. The Kier molecular flexibility index (Phi) is 2.70. The topological polar surface area (TPSA) is 51.0 Å². The molecule has 116 valence electrons. The van der Waals surface area contributed by atoms with E-state index in [1.807, 2.05) is 54.6 Å². The molecule has 0 aliphatic carbocycles. The zero-order chi connectivity index (χ0) is 16.1. The van der Waals surface area contributed by atoms with Crippen molar-refractivity contribution in [1.82, 2.24) is 14.5 Å². The maximum absolute atomic E-state index is 12.9. The van der Waals surface area contributed by atoms with Gasteiger partial charge in [0.05, 0.1) is 16.6 Å². The third kappa shape index (κ3) is 1.84. The van der Waals surface area contributed by atoms with Gasteiger partial charge in [-0.3, -0.25) is 9.69 Å². The molecule has 2 aromatic heterocycles. The molecule has 5 rings (SSSR count). The summed E-state index contributed by atoms with van der Waals surface area (Å²) < 4.78 is 2.09. The Bertz CT molecular complexity index is 1100. The summed E-state index contributed by atoms with van der Waals surface area (Å²) in [5.74, 6) is 0.603. The van der Waals surface area contributed by atoms with Crippen molar-refractivity contribution in [3.8, 4) is 0 Å². The predicted octanol–water partition coefficient (Wildman–Crippen LogP) is 3.24. The molecule has 4 aromatic rings.